The Morgan fingerprint density at radius 2 is 1.86 bits per heavy atom. The van der Waals surface area contributed by atoms with E-state index in [4.69, 9.17) is 11.6 Å². The van der Waals surface area contributed by atoms with E-state index in [2.05, 4.69) is 20.1 Å². The number of thioether (sulfide) groups is 1. The second-order valence-electron chi connectivity index (χ2n) is 6.47. The van der Waals surface area contributed by atoms with Gasteiger partial charge in [0.25, 0.3) is 0 Å². The van der Waals surface area contributed by atoms with Gasteiger partial charge in [-0.2, -0.15) is 0 Å². The number of anilines is 1. The van der Waals surface area contributed by atoms with Gasteiger partial charge in [0.2, 0.25) is 11.1 Å². The van der Waals surface area contributed by atoms with Crippen molar-refractivity contribution in [3.63, 3.8) is 0 Å². The van der Waals surface area contributed by atoms with Gasteiger partial charge in [-0.05, 0) is 18.2 Å². The van der Waals surface area contributed by atoms with Gasteiger partial charge < -0.3 is 9.80 Å². The summed E-state index contributed by atoms with van der Waals surface area (Å²) in [6.45, 7) is 3.01. The molecule has 1 aromatic heterocycles. The van der Waals surface area contributed by atoms with Crippen molar-refractivity contribution < 1.29 is 4.79 Å². The number of aromatic nitrogens is 3. The topological polar surface area (TPSA) is 65.1 Å². The SMILES string of the molecule is O=C(CSc1n[nH]c(-c2ccccc2)n1)N1CCN(c2cccc(Cl)c2)CC1. The number of hydrogen-bond donors (Lipinski definition) is 1. The first-order chi connectivity index (χ1) is 13.7. The van der Waals surface area contributed by atoms with Crippen LogP contribution in [-0.4, -0.2) is 57.9 Å². The Balaban J connectivity index is 1.28. The summed E-state index contributed by atoms with van der Waals surface area (Å²) in [4.78, 5) is 21.2. The van der Waals surface area contributed by atoms with Gasteiger partial charge in [0.15, 0.2) is 5.82 Å². The molecule has 8 heteroatoms. The van der Waals surface area contributed by atoms with Crippen LogP contribution in [0.5, 0.6) is 0 Å². The average Bonchev–Trinajstić information content (AvgIpc) is 3.22. The minimum Gasteiger partial charge on any atom is -0.368 e. The fourth-order valence-corrected chi connectivity index (χ4v) is 4.03. The van der Waals surface area contributed by atoms with Gasteiger partial charge in [0.05, 0.1) is 5.75 Å². The average molecular weight is 414 g/mol. The standard InChI is InChI=1S/C20H20ClN5OS/c21-16-7-4-8-17(13-16)25-9-11-26(12-10-25)18(27)14-28-20-22-19(23-24-20)15-5-2-1-3-6-15/h1-8,13H,9-12,14H2,(H,22,23,24). The van der Waals surface area contributed by atoms with Crippen LogP contribution in [0.2, 0.25) is 5.02 Å². The van der Waals surface area contributed by atoms with Crippen LogP contribution < -0.4 is 4.90 Å². The van der Waals surface area contributed by atoms with E-state index in [-0.39, 0.29) is 5.91 Å². The molecule has 6 nitrogen and oxygen atoms in total. The number of nitrogens with zero attached hydrogens (tertiary/aromatic N) is 4. The van der Waals surface area contributed by atoms with E-state index < -0.39 is 0 Å². The Labute approximate surface area is 172 Å². The lowest BCUT2D eigenvalue weighted by molar-refractivity contribution is -0.128. The van der Waals surface area contributed by atoms with Crippen LogP contribution in [0.3, 0.4) is 0 Å². The molecule has 2 aromatic carbocycles. The predicted molar refractivity (Wildman–Crippen MR) is 113 cm³/mol. The molecule has 0 spiro atoms. The molecule has 144 valence electrons. The van der Waals surface area contributed by atoms with Crippen molar-refractivity contribution in [3.8, 4) is 11.4 Å². The minimum atomic E-state index is 0.113. The summed E-state index contributed by atoms with van der Waals surface area (Å²) >= 11 is 7.44. The number of nitrogens with one attached hydrogen (secondary N) is 1. The maximum atomic E-state index is 12.5. The number of carbonyl (C=O) groups is 1. The van der Waals surface area contributed by atoms with Crippen molar-refractivity contribution in [1.82, 2.24) is 20.1 Å². The number of halogens is 1. The number of benzene rings is 2. The van der Waals surface area contributed by atoms with Gasteiger partial charge in [-0.15, -0.1) is 5.10 Å². The Bertz CT molecular complexity index is 941. The Morgan fingerprint density at radius 1 is 1.07 bits per heavy atom. The van der Waals surface area contributed by atoms with Gasteiger partial charge >= 0.3 is 0 Å². The number of aromatic amines is 1. The molecule has 1 aliphatic heterocycles. The molecule has 0 radical (unpaired) electrons. The lowest BCUT2D eigenvalue weighted by Crippen LogP contribution is -2.49. The van der Waals surface area contributed by atoms with Crippen LogP contribution >= 0.6 is 23.4 Å². The van der Waals surface area contributed by atoms with E-state index in [0.717, 1.165) is 29.4 Å². The zero-order valence-corrected chi connectivity index (χ0v) is 16.8. The van der Waals surface area contributed by atoms with Gasteiger partial charge in [-0.1, -0.05) is 59.8 Å². The third-order valence-corrected chi connectivity index (χ3v) is 5.71. The first kappa shape index (κ1) is 18.8. The van der Waals surface area contributed by atoms with Crippen molar-refractivity contribution in [2.45, 2.75) is 5.16 Å². The molecule has 1 aliphatic rings. The maximum Gasteiger partial charge on any atom is 0.233 e. The van der Waals surface area contributed by atoms with E-state index in [1.54, 1.807) is 0 Å². The minimum absolute atomic E-state index is 0.113. The number of rotatable bonds is 5. The number of amides is 1. The molecule has 28 heavy (non-hydrogen) atoms. The van der Waals surface area contributed by atoms with Gasteiger partial charge in [0.1, 0.15) is 0 Å². The van der Waals surface area contributed by atoms with Crippen molar-refractivity contribution >= 4 is 35.0 Å². The van der Waals surface area contributed by atoms with Crippen molar-refractivity contribution in [1.29, 1.82) is 0 Å². The fraction of sp³-hybridized carbons (Fsp3) is 0.250. The second-order valence-corrected chi connectivity index (χ2v) is 7.85. The molecule has 3 aromatic rings. The maximum absolute atomic E-state index is 12.5. The van der Waals surface area contributed by atoms with Gasteiger partial charge in [-0.3, -0.25) is 9.89 Å². The van der Waals surface area contributed by atoms with E-state index >= 15 is 0 Å². The lowest BCUT2D eigenvalue weighted by Gasteiger charge is -2.36. The lowest BCUT2D eigenvalue weighted by atomic mass is 10.2. The first-order valence-corrected chi connectivity index (χ1v) is 10.4. The molecule has 0 atom stereocenters. The molecule has 1 amide bonds. The molecule has 0 saturated carbocycles. The summed E-state index contributed by atoms with van der Waals surface area (Å²) in [5.41, 5.74) is 2.08. The Hall–Kier alpha value is -2.51. The molecule has 1 saturated heterocycles. The number of carbonyl (C=O) groups excluding carboxylic acids is 1. The molecule has 0 unspecified atom stereocenters. The normalized spacial score (nSPS) is 14.3. The first-order valence-electron chi connectivity index (χ1n) is 9.08. The van der Waals surface area contributed by atoms with Crippen molar-refractivity contribution in [3.05, 3.63) is 59.6 Å². The zero-order valence-electron chi connectivity index (χ0n) is 15.2. The molecule has 4 rings (SSSR count). The zero-order chi connectivity index (χ0) is 19.3. The van der Waals surface area contributed by atoms with Crippen LogP contribution in [0.15, 0.2) is 59.8 Å². The summed E-state index contributed by atoms with van der Waals surface area (Å²) in [5, 5.41) is 8.45. The molecule has 0 bridgehead atoms. The molecule has 0 aliphatic carbocycles. The summed E-state index contributed by atoms with van der Waals surface area (Å²) < 4.78 is 0. The molecular formula is C20H20ClN5OS. The highest BCUT2D eigenvalue weighted by atomic mass is 35.5. The molecule has 1 N–H and O–H groups in total. The van der Waals surface area contributed by atoms with Crippen LogP contribution in [0.4, 0.5) is 5.69 Å². The molecule has 2 heterocycles. The van der Waals surface area contributed by atoms with E-state index in [1.165, 1.54) is 11.8 Å². The van der Waals surface area contributed by atoms with Crippen molar-refractivity contribution in [2.24, 2.45) is 0 Å². The Kier molecular flexibility index (Phi) is 5.83. The van der Waals surface area contributed by atoms with Crippen LogP contribution in [0.1, 0.15) is 0 Å². The number of piperazine rings is 1. The number of H-pyrrole nitrogens is 1. The summed E-state index contributed by atoms with van der Waals surface area (Å²) in [5.74, 6) is 1.16. The monoisotopic (exact) mass is 413 g/mol. The summed E-state index contributed by atoms with van der Waals surface area (Å²) in [6.07, 6.45) is 0. The molecular weight excluding hydrogens is 394 g/mol. The van der Waals surface area contributed by atoms with Crippen LogP contribution in [0, 0.1) is 0 Å². The van der Waals surface area contributed by atoms with E-state index in [0.29, 0.717) is 29.8 Å². The summed E-state index contributed by atoms with van der Waals surface area (Å²) in [6, 6.07) is 17.6. The highest BCUT2D eigenvalue weighted by Gasteiger charge is 2.22. The van der Waals surface area contributed by atoms with Gasteiger partial charge in [-0.25, -0.2) is 4.98 Å². The van der Waals surface area contributed by atoms with Crippen LogP contribution in [0.25, 0.3) is 11.4 Å². The third kappa shape index (κ3) is 4.48. The highest BCUT2D eigenvalue weighted by molar-refractivity contribution is 7.99. The quantitative estimate of drug-likeness (QED) is 0.648. The van der Waals surface area contributed by atoms with E-state index in [9.17, 15) is 4.79 Å². The number of hydrogen-bond acceptors (Lipinski definition) is 5. The largest absolute Gasteiger partial charge is 0.368 e. The van der Waals surface area contributed by atoms with Crippen LogP contribution in [-0.2, 0) is 4.79 Å². The summed E-state index contributed by atoms with van der Waals surface area (Å²) in [7, 11) is 0. The second kappa shape index (κ2) is 8.67. The third-order valence-electron chi connectivity index (χ3n) is 4.64. The fourth-order valence-electron chi connectivity index (χ4n) is 3.14. The van der Waals surface area contributed by atoms with Crippen molar-refractivity contribution in [2.75, 3.05) is 36.8 Å². The predicted octanol–water partition coefficient (Wildman–Crippen LogP) is 3.57. The van der Waals surface area contributed by atoms with Gasteiger partial charge in [0, 0.05) is 42.5 Å². The Morgan fingerprint density at radius 3 is 2.61 bits per heavy atom. The smallest absolute Gasteiger partial charge is 0.233 e. The highest BCUT2D eigenvalue weighted by Crippen LogP contribution is 2.22. The van der Waals surface area contributed by atoms with E-state index in [1.807, 2.05) is 59.5 Å². The molecule has 1 fully saturated rings.